The van der Waals surface area contributed by atoms with Crippen molar-refractivity contribution in [2.45, 2.75) is 0 Å². The van der Waals surface area contributed by atoms with Gasteiger partial charge in [0.25, 0.3) is 0 Å². The quantitative estimate of drug-likeness (QED) is 0.384. The summed E-state index contributed by atoms with van der Waals surface area (Å²) in [6.45, 7) is 0. The molecular weight excluding hydrogens is 118 g/mol. The van der Waals surface area contributed by atoms with E-state index in [1.54, 1.807) is 24.3 Å². The number of phenolic OH excluding ortho intramolecular Hbond substituents is 1. The molecular formula is C6H9NO2. The second-order valence-electron chi connectivity index (χ2n) is 1.59. The van der Waals surface area contributed by atoms with E-state index in [1.165, 1.54) is 0 Å². The van der Waals surface area contributed by atoms with Gasteiger partial charge >= 0.3 is 0 Å². The van der Waals surface area contributed by atoms with Crippen LogP contribution < -0.4 is 5.73 Å². The third-order valence-electron chi connectivity index (χ3n) is 0.893. The predicted molar refractivity (Wildman–Crippen MR) is 36.1 cm³/mol. The smallest absolute Gasteiger partial charge is 0.115 e. The molecule has 0 aliphatic heterocycles. The first kappa shape index (κ1) is 7.78. The molecule has 0 unspecified atom stereocenters. The van der Waals surface area contributed by atoms with Gasteiger partial charge in [0.2, 0.25) is 0 Å². The minimum absolute atomic E-state index is 0. The van der Waals surface area contributed by atoms with Crippen molar-refractivity contribution in [3.05, 3.63) is 24.3 Å². The molecule has 0 aliphatic carbocycles. The van der Waals surface area contributed by atoms with E-state index in [1.807, 2.05) is 0 Å². The van der Waals surface area contributed by atoms with Crippen LogP contribution in [0.2, 0.25) is 0 Å². The number of nitrogens with two attached hydrogens (primary N) is 1. The van der Waals surface area contributed by atoms with E-state index in [2.05, 4.69) is 0 Å². The Bertz CT molecular complexity index is 150. The van der Waals surface area contributed by atoms with Crippen LogP contribution in [0, 0.1) is 0 Å². The van der Waals surface area contributed by atoms with Crippen LogP contribution >= 0.6 is 0 Å². The maximum absolute atomic E-state index is 8.70. The van der Waals surface area contributed by atoms with Gasteiger partial charge < -0.3 is 16.3 Å². The van der Waals surface area contributed by atoms with Crippen molar-refractivity contribution < 1.29 is 10.6 Å². The first-order valence-corrected chi connectivity index (χ1v) is 2.33. The molecule has 0 heterocycles. The Balaban J connectivity index is 0.000000640. The Morgan fingerprint density at radius 1 is 1.11 bits per heavy atom. The highest BCUT2D eigenvalue weighted by molar-refractivity contribution is 5.40. The Hall–Kier alpha value is -1.22. The highest BCUT2D eigenvalue weighted by Gasteiger charge is 1.82. The van der Waals surface area contributed by atoms with Crippen molar-refractivity contribution in [1.82, 2.24) is 0 Å². The molecule has 0 radical (unpaired) electrons. The molecule has 0 fully saturated rings. The van der Waals surface area contributed by atoms with Crippen molar-refractivity contribution in [1.29, 1.82) is 0 Å². The van der Waals surface area contributed by atoms with Crippen molar-refractivity contribution in [3.63, 3.8) is 0 Å². The molecule has 0 spiro atoms. The normalized spacial score (nSPS) is 8.00. The average Bonchev–Trinajstić information content (AvgIpc) is 1.77. The van der Waals surface area contributed by atoms with Gasteiger partial charge in [0.15, 0.2) is 0 Å². The highest BCUT2D eigenvalue weighted by Crippen LogP contribution is 2.09. The number of hydrogen-bond acceptors (Lipinski definition) is 2. The number of benzene rings is 1. The van der Waals surface area contributed by atoms with E-state index in [9.17, 15) is 0 Å². The first-order chi connectivity index (χ1) is 3.79. The van der Waals surface area contributed by atoms with Gasteiger partial charge in [0, 0.05) is 5.69 Å². The minimum atomic E-state index is 0. The van der Waals surface area contributed by atoms with Crippen molar-refractivity contribution >= 4 is 5.69 Å². The topological polar surface area (TPSA) is 77.8 Å². The minimum Gasteiger partial charge on any atom is -0.508 e. The Morgan fingerprint density at radius 3 is 1.89 bits per heavy atom. The summed E-state index contributed by atoms with van der Waals surface area (Å²) in [6, 6.07) is 6.40. The van der Waals surface area contributed by atoms with Crippen LogP contribution in [0.4, 0.5) is 5.69 Å². The van der Waals surface area contributed by atoms with Crippen LogP contribution in [-0.2, 0) is 0 Å². The summed E-state index contributed by atoms with van der Waals surface area (Å²) < 4.78 is 0. The van der Waals surface area contributed by atoms with Gasteiger partial charge in [-0.05, 0) is 24.3 Å². The lowest BCUT2D eigenvalue weighted by Gasteiger charge is -1.89. The lowest BCUT2D eigenvalue weighted by molar-refractivity contribution is 0.475. The molecule has 5 N–H and O–H groups in total. The van der Waals surface area contributed by atoms with Gasteiger partial charge in [-0.2, -0.15) is 0 Å². The van der Waals surface area contributed by atoms with Crippen molar-refractivity contribution in [2.24, 2.45) is 0 Å². The molecule has 0 saturated heterocycles. The van der Waals surface area contributed by atoms with E-state index in [4.69, 9.17) is 10.8 Å². The summed E-state index contributed by atoms with van der Waals surface area (Å²) in [5.41, 5.74) is 5.98. The summed E-state index contributed by atoms with van der Waals surface area (Å²) in [7, 11) is 0. The Kier molecular flexibility index (Phi) is 2.54. The maximum Gasteiger partial charge on any atom is 0.115 e. The third-order valence-corrected chi connectivity index (χ3v) is 0.893. The van der Waals surface area contributed by atoms with Crippen molar-refractivity contribution in [3.8, 4) is 5.75 Å². The van der Waals surface area contributed by atoms with Crippen LogP contribution in [0.3, 0.4) is 0 Å². The van der Waals surface area contributed by atoms with Crippen molar-refractivity contribution in [2.75, 3.05) is 5.73 Å². The molecule has 1 aromatic carbocycles. The number of phenols is 1. The number of hydrogen-bond donors (Lipinski definition) is 2. The molecule has 0 aromatic heterocycles. The standard InChI is InChI=1S/C6H7NO.H2O/c7-5-1-3-6(8)4-2-5;/h1-4,8H,7H2;1H2. The predicted octanol–water partition coefficient (Wildman–Crippen LogP) is 0.150. The summed E-state index contributed by atoms with van der Waals surface area (Å²) in [5.74, 6) is 0.249. The maximum atomic E-state index is 8.70. The Labute approximate surface area is 53.0 Å². The number of anilines is 1. The van der Waals surface area contributed by atoms with E-state index in [-0.39, 0.29) is 11.2 Å². The summed E-state index contributed by atoms with van der Waals surface area (Å²) in [6.07, 6.45) is 0. The van der Waals surface area contributed by atoms with E-state index in [0.717, 1.165) is 0 Å². The molecule has 0 atom stereocenters. The van der Waals surface area contributed by atoms with Gasteiger partial charge in [-0.15, -0.1) is 0 Å². The molecule has 0 aliphatic rings. The molecule has 1 rings (SSSR count). The van der Waals surface area contributed by atoms with Gasteiger partial charge in [0.05, 0.1) is 0 Å². The van der Waals surface area contributed by atoms with Crippen LogP contribution in [-0.4, -0.2) is 10.6 Å². The molecule has 3 nitrogen and oxygen atoms in total. The fourth-order valence-electron chi connectivity index (χ4n) is 0.474. The Morgan fingerprint density at radius 2 is 1.56 bits per heavy atom. The molecule has 0 amide bonds. The molecule has 9 heavy (non-hydrogen) atoms. The molecule has 0 bridgehead atoms. The number of aromatic hydroxyl groups is 1. The zero-order valence-corrected chi connectivity index (χ0v) is 4.83. The van der Waals surface area contributed by atoms with E-state index >= 15 is 0 Å². The molecule has 1 aromatic rings. The monoisotopic (exact) mass is 127 g/mol. The second kappa shape index (κ2) is 2.94. The van der Waals surface area contributed by atoms with E-state index < -0.39 is 0 Å². The van der Waals surface area contributed by atoms with Gasteiger partial charge in [-0.25, -0.2) is 0 Å². The molecule has 50 valence electrons. The second-order valence-corrected chi connectivity index (χ2v) is 1.59. The molecule has 3 heteroatoms. The van der Waals surface area contributed by atoms with Crippen LogP contribution in [0.5, 0.6) is 5.75 Å². The summed E-state index contributed by atoms with van der Waals surface area (Å²) >= 11 is 0. The third kappa shape index (κ3) is 2.01. The number of nitrogen functional groups attached to an aromatic ring is 1. The zero-order chi connectivity index (χ0) is 5.98. The first-order valence-electron chi connectivity index (χ1n) is 2.33. The molecule has 0 saturated carbocycles. The number of rotatable bonds is 0. The summed E-state index contributed by atoms with van der Waals surface area (Å²) in [4.78, 5) is 0. The fraction of sp³-hybridized carbons (Fsp3) is 0. The lowest BCUT2D eigenvalue weighted by atomic mass is 10.3. The van der Waals surface area contributed by atoms with Crippen LogP contribution in [0.25, 0.3) is 0 Å². The fourth-order valence-corrected chi connectivity index (χ4v) is 0.474. The largest absolute Gasteiger partial charge is 0.508 e. The highest BCUT2D eigenvalue weighted by atomic mass is 16.3. The zero-order valence-electron chi connectivity index (χ0n) is 4.83. The SMILES string of the molecule is Nc1ccc(O)cc1.O. The van der Waals surface area contributed by atoms with Gasteiger partial charge in [-0.1, -0.05) is 0 Å². The van der Waals surface area contributed by atoms with Gasteiger partial charge in [-0.3, -0.25) is 0 Å². The van der Waals surface area contributed by atoms with Gasteiger partial charge in [0.1, 0.15) is 5.75 Å². The van der Waals surface area contributed by atoms with Crippen LogP contribution in [0.1, 0.15) is 0 Å². The average molecular weight is 127 g/mol. The van der Waals surface area contributed by atoms with E-state index in [0.29, 0.717) is 5.69 Å². The van der Waals surface area contributed by atoms with Crippen LogP contribution in [0.15, 0.2) is 24.3 Å². The summed E-state index contributed by atoms with van der Waals surface area (Å²) in [5, 5.41) is 8.70. The lowest BCUT2D eigenvalue weighted by Crippen LogP contribution is -1.80.